The molecular weight excluding hydrogens is 471 g/mol. The molecule has 0 unspecified atom stereocenters. The number of rotatable bonds is 5. The highest BCUT2D eigenvalue weighted by molar-refractivity contribution is 6.29. The summed E-state index contributed by atoms with van der Waals surface area (Å²) in [6.07, 6.45) is -3.13. The summed E-state index contributed by atoms with van der Waals surface area (Å²) < 4.78 is 47.7. The van der Waals surface area contributed by atoms with E-state index in [1.807, 2.05) is 33.8 Å². The van der Waals surface area contributed by atoms with Crippen molar-refractivity contribution in [2.75, 3.05) is 0 Å². The zero-order valence-electron chi connectivity index (χ0n) is 19.4. The van der Waals surface area contributed by atoms with Gasteiger partial charge in [0.15, 0.2) is 0 Å². The zero-order chi connectivity index (χ0) is 25.3. The van der Waals surface area contributed by atoms with Crippen LogP contribution in [-0.2, 0) is 6.54 Å². The van der Waals surface area contributed by atoms with Gasteiger partial charge in [-0.3, -0.25) is 0 Å². The van der Waals surface area contributed by atoms with E-state index >= 15 is 0 Å². The van der Waals surface area contributed by atoms with E-state index in [0.29, 0.717) is 40.4 Å². The van der Waals surface area contributed by atoms with Crippen LogP contribution in [0.3, 0.4) is 0 Å². The molecule has 3 aromatic heterocycles. The predicted octanol–water partition coefficient (Wildman–Crippen LogP) is 6.96. The normalized spacial score (nSPS) is 10.6. The quantitative estimate of drug-likeness (QED) is 0.278. The van der Waals surface area contributed by atoms with E-state index < -0.39 is 6.36 Å². The standard InChI is InChI=1S/C19H13ClF3N5O2.2C2H6/c1-11-25-18(26-28(11)10-12-6-7-24-17(20)8-12)16-9-15(27-30-16)13-2-4-14(5-3-13)29-19(21,22)23;2*1-2/h2-9H,10H2,1H3;2*1-2H3. The number of nitrogens with zero attached hydrogens (tertiary/aromatic N) is 5. The van der Waals surface area contributed by atoms with Gasteiger partial charge in [0, 0.05) is 17.8 Å². The lowest BCUT2D eigenvalue weighted by Crippen LogP contribution is -2.16. The van der Waals surface area contributed by atoms with Crippen LogP contribution in [0, 0.1) is 6.92 Å². The van der Waals surface area contributed by atoms with E-state index in [1.54, 1.807) is 29.9 Å². The number of alkyl halides is 3. The fourth-order valence-corrected chi connectivity index (χ4v) is 2.93. The largest absolute Gasteiger partial charge is 0.573 e. The Balaban J connectivity index is 0.000000970. The highest BCUT2D eigenvalue weighted by atomic mass is 35.5. The second-order valence-corrected chi connectivity index (χ2v) is 6.66. The molecule has 0 radical (unpaired) electrons. The Bertz CT molecular complexity index is 1170. The number of aryl methyl sites for hydroxylation is 1. The van der Waals surface area contributed by atoms with Crippen molar-refractivity contribution in [3.05, 3.63) is 65.2 Å². The van der Waals surface area contributed by atoms with Crippen LogP contribution in [-0.4, -0.2) is 31.3 Å². The lowest BCUT2D eigenvalue weighted by Gasteiger charge is -2.08. The summed E-state index contributed by atoms with van der Waals surface area (Å²) in [5.74, 6) is 1.01. The first-order valence-corrected chi connectivity index (χ1v) is 11.0. The molecule has 3 heterocycles. The first-order valence-electron chi connectivity index (χ1n) is 10.6. The number of aromatic nitrogens is 5. The van der Waals surface area contributed by atoms with Crippen LogP contribution in [0.15, 0.2) is 53.2 Å². The Morgan fingerprint density at radius 3 is 2.32 bits per heavy atom. The van der Waals surface area contributed by atoms with Crippen molar-refractivity contribution < 1.29 is 22.4 Å². The summed E-state index contributed by atoms with van der Waals surface area (Å²) in [5.41, 5.74) is 1.90. The van der Waals surface area contributed by atoms with Gasteiger partial charge in [0.1, 0.15) is 22.4 Å². The molecule has 0 aliphatic rings. The summed E-state index contributed by atoms with van der Waals surface area (Å²) in [4.78, 5) is 8.33. The number of halogens is 4. The van der Waals surface area contributed by atoms with E-state index in [1.165, 1.54) is 24.3 Å². The van der Waals surface area contributed by atoms with Crippen LogP contribution in [0.2, 0.25) is 5.15 Å². The molecule has 4 rings (SSSR count). The molecule has 7 nitrogen and oxygen atoms in total. The van der Waals surface area contributed by atoms with Gasteiger partial charge in [0.2, 0.25) is 11.6 Å². The summed E-state index contributed by atoms with van der Waals surface area (Å²) in [5, 5.41) is 8.76. The average Bonchev–Trinajstić information content (AvgIpc) is 3.43. The molecule has 34 heavy (non-hydrogen) atoms. The monoisotopic (exact) mass is 495 g/mol. The van der Waals surface area contributed by atoms with Crippen LogP contribution in [0.5, 0.6) is 5.75 Å². The lowest BCUT2D eigenvalue weighted by molar-refractivity contribution is -0.274. The fourth-order valence-electron chi connectivity index (χ4n) is 2.73. The third-order valence-corrected chi connectivity index (χ3v) is 4.30. The molecule has 1 aromatic carbocycles. The van der Waals surface area contributed by atoms with Crippen molar-refractivity contribution in [2.45, 2.75) is 47.5 Å². The number of hydrogen-bond acceptors (Lipinski definition) is 6. The third kappa shape index (κ3) is 7.31. The molecule has 11 heteroatoms. The molecule has 182 valence electrons. The van der Waals surface area contributed by atoms with Gasteiger partial charge in [-0.15, -0.1) is 18.3 Å². The summed E-state index contributed by atoms with van der Waals surface area (Å²) in [6.45, 7) is 10.2. The molecule has 0 saturated heterocycles. The van der Waals surface area contributed by atoms with E-state index in [4.69, 9.17) is 16.1 Å². The Morgan fingerprint density at radius 2 is 1.71 bits per heavy atom. The van der Waals surface area contributed by atoms with Crippen molar-refractivity contribution in [3.8, 4) is 28.6 Å². The molecule has 0 atom stereocenters. The van der Waals surface area contributed by atoms with E-state index in [0.717, 1.165) is 5.56 Å². The maximum absolute atomic E-state index is 12.3. The van der Waals surface area contributed by atoms with Crippen LogP contribution >= 0.6 is 11.6 Å². The summed E-state index contributed by atoms with van der Waals surface area (Å²) in [6, 6.07) is 10.5. The van der Waals surface area contributed by atoms with Crippen molar-refractivity contribution in [3.63, 3.8) is 0 Å². The van der Waals surface area contributed by atoms with E-state index in [-0.39, 0.29) is 5.75 Å². The highest BCUT2D eigenvalue weighted by Crippen LogP contribution is 2.28. The first-order chi connectivity index (χ1) is 16.3. The Labute approximate surface area is 200 Å². The molecule has 4 aromatic rings. The molecule has 0 N–H and O–H groups in total. The Kier molecular flexibility index (Phi) is 9.61. The van der Waals surface area contributed by atoms with Crippen molar-refractivity contribution in [2.24, 2.45) is 0 Å². The fraction of sp³-hybridized carbons (Fsp3) is 0.304. The Morgan fingerprint density at radius 1 is 1.03 bits per heavy atom. The maximum atomic E-state index is 12.3. The number of hydrogen-bond donors (Lipinski definition) is 0. The molecule has 0 saturated carbocycles. The second-order valence-electron chi connectivity index (χ2n) is 6.28. The van der Waals surface area contributed by atoms with Crippen LogP contribution in [0.4, 0.5) is 13.2 Å². The van der Waals surface area contributed by atoms with E-state index in [9.17, 15) is 13.2 Å². The van der Waals surface area contributed by atoms with E-state index in [2.05, 4.69) is 25.0 Å². The highest BCUT2D eigenvalue weighted by Gasteiger charge is 2.31. The van der Waals surface area contributed by atoms with Crippen LogP contribution < -0.4 is 4.74 Å². The molecule has 0 aliphatic heterocycles. The molecule has 0 spiro atoms. The zero-order valence-corrected chi connectivity index (χ0v) is 20.1. The molecule has 0 aliphatic carbocycles. The van der Waals surface area contributed by atoms with Crippen LogP contribution in [0.25, 0.3) is 22.8 Å². The molecule has 0 bridgehead atoms. The van der Waals surface area contributed by atoms with Crippen molar-refractivity contribution >= 4 is 11.6 Å². The first kappa shape index (κ1) is 26.8. The second kappa shape index (κ2) is 12.2. The van der Waals surface area contributed by atoms with Crippen molar-refractivity contribution in [1.29, 1.82) is 0 Å². The summed E-state index contributed by atoms with van der Waals surface area (Å²) in [7, 11) is 0. The molecule has 0 fully saturated rings. The minimum Gasteiger partial charge on any atom is -0.406 e. The van der Waals surface area contributed by atoms with Crippen LogP contribution in [0.1, 0.15) is 39.1 Å². The van der Waals surface area contributed by atoms with Gasteiger partial charge in [-0.05, 0) is 48.9 Å². The van der Waals surface area contributed by atoms with Gasteiger partial charge >= 0.3 is 6.36 Å². The average molecular weight is 496 g/mol. The van der Waals surface area contributed by atoms with Gasteiger partial charge in [-0.1, -0.05) is 44.5 Å². The molecular formula is C23H25ClF3N5O2. The summed E-state index contributed by atoms with van der Waals surface area (Å²) >= 11 is 5.91. The van der Waals surface area contributed by atoms with Gasteiger partial charge in [-0.25, -0.2) is 14.6 Å². The third-order valence-electron chi connectivity index (χ3n) is 4.09. The SMILES string of the molecule is CC.CC.Cc1nc(-c2cc(-c3ccc(OC(F)(F)F)cc3)no2)nn1Cc1ccnc(Cl)c1. The molecule has 0 amide bonds. The lowest BCUT2D eigenvalue weighted by atomic mass is 10.1. The smallest absolute Gasteiger partial charge is 0.406 e. The number of ether oxygens (including phenoxy) is 1. The predicted molar refractivity (Wildman–Crippen MR) is 123 cm³/mol. The Hall–Kier alpha value is -3.40. The minimum absolute atomic E-state index is 0.317. The van der Waals surface area contributed by atoms with Gasteiger partial charge < -0.3 is 9.26 Å². The van der Waals surface area contributed by atoms with Crippen molar-refractivity contribution in [1.82, 2.24) is 24.9 Å². The number of pyridine rings is 1. The maximum Gasteiger partial charge on any atom is 0.573 e. The number of benzene rings is 1. The topological polar surface area (TPSA) is 78.9 Å². The van der Waals surface area contributed by atoms with Gasteiger partial charge in [-0.2, -0.15) is 0 Å². The van der Waals surface area contributed by atoms with Gasteiger partial charge in [0.25, 0.3) is 0 Å². The minimum atomic E-state index is -4.74. The van der Waals surface area contributed by atoms with Gasteiger partial charge in [0.05, 0.1) is 6.54 Å².